The molecular formula is C8H12N3OS. The van der Waals surface area contributed by atoms with Crippen molar-refractivity contribution in [1.29, 1.82) is 0 Å². The van der Waals surface area contributed by atoms with Gasteiger partial charge in [-0.2, -0.15) is 4.99 Å². The summed E-state index contributed by atoms with van der Waals surface area (Å²) in [4.78, 5) is 14.3. The molecule has 0 saturated carbocycles. The van der Waals surface area contributed by atoms with Gasteiger partial charge in [0.25, 0.3) is 0 Å². The number of amidine groups is 1. The largest absolute Gasteiger partial charge is 0.273 e. The van der Waals surface area contributed by atoms with Gasteiger partial charge in [0.1, 0.15) is 5.04 Å². The van der Waals surface area contributed by atoms with E-state index in [1.165, 1.54) is 18.7 Å². The molecule has 71 valence electrons. The summed E-state index contributed by atoms with van der Waals surface area (Å²) < 4.78 is 0. The van der Waals surface area contributed by atoms with Crippen LogP contribution in [0.2, 0.25) is 0 Å². The zero-order valence-corrected chi connectivity index (χ0v) is 8.60. The molecule has 1 radical (unpaired) electrons. The Morgan fingerprint density at radius 3 is 3.00 bits per heavy atom. The molecule has 1 aliphatic rings. The van der Waals surface area contributed by atoms with E-state index in [1.807, 2.05) is 0 Å². The summed E-state index contributed by atoms with van der Waals surface area (Å²) in [7, 11) is 0. The van der Waals surface area contributed by atoms with Crippen molar-refractivity contribution in [3.05, 3.63) is 0 Å². The molecule has 0 atom stereocenters. The normalized spacial score (nSPS) is 18.6. The lowest BCUT2D eigenvalue weighted by atomic mass is 10.3. The summed E-state index contributed by atoms with van der Waals surface area (Å²) in [5.41, 5.74) is 3.79. The number of hydrogen-bond donors (Lipinski definition) is 0. The number of rotatable bonds is 3. The quantitative estimate of drug-likeness (QED) is 0.693. The average Bonchev–Trinajstić information content (AvgIpc) is 2.48. The van der Waals surface area contributed by atoms with Crippen LogP contribution < -0.4 is 5.43 Å². The van der Waals surface area contributed by atoms with Crippen LogP contribution in [0, 0.1) is 0 Å². The van der Waals surface area contributed by atoms with Crippen LogP contribution in [-0.4, -0.2) is 16.1 Å². The molecule has 0 aromatic heterocycles. The maximum Gasteiger partial charge on any atom is 0.245 e. The van der Waals surface area contributed by atoms with E-state index in [1.54, 1.807) is 0 Å². The van der Waals surface area contributed by atoms with Crippen LogP contribution in [-0.2, 0) is 4.79 Å². The van der Waals surface area contributed by atoms with E-state index in [9.17, 15) is 4.79 Å². The molecule has 1 heterocycles. The standard InChI is InChI=1S/C8H12N3OS/c1-3-4-5-7-10-11-8(13-7)9-6(2)12/h3-5H2,1-2H3. The lowest BCUT2D eigenvalue weighted by Gasteiger charge is -1.93. The molecule has 0 spiro atoms. The second-order valence-corrected chi connectivity index (χ2v) is 3.75. The first-order chi connectivity index (χ1) is 6.22. The van der Waals surface area contributed by atoms with Crippen molar-refractivity contribution in [2.75, 3.05) is 0 Å². The molecular weight excluding hydrogens is 186 g/mol. The van der Waals surface area contributed by atoms with Gasteiger partial charge in [0.2, 0.25) is 11.1 Å². The molecule has 0 N–H and O–H groups in total. The number of thioether (sulfide) groups is 1. The Balaban J connectivity index is 2.37. The zero-order chi connectivity index (χ0) is 9.68. The van der Waals surface area contributed by atoms with Gasteiger partial charge in [-0.3, -0.25) is 4.79 Å². The summed E-state index contributed by atoms with van der Waals surface area (Å²) in [6.07, 6.45) is 3.18. The topological polar surface area (TPSA) is 55.9 Å². The summed E-state index contributed by atoms with van der Waals surface area (Å²) in [5.74, 6) is -0.224. The maximum atomic E-state index is 10.6. The van der Waals surface area contributed by atoms with Gasteiger partial charge in [0.05, 0.1) is 0 Å². The van der Waals surface area contributed by atoms with Crippen molar-refractivity contribution in [3.63, 3.8) is 0 Å². The minimum atomic E-state index is -0.224. The number of amides is 1. The molecule has 0 aromatic carbocycles. The molecule has 0 aliphatic carbocycles. The summed E-state index contributed by atoms with van der Waals surface area (Å²) >= 11 is 1.39. The number of nitrogens with zero attached hydrogens (tertiary/aromatic N) is 3. The van der Waals surface area contributed by atoms with E-state index < -0.39 is 0 Å². The number of hydrogen-bond acceptors (Lipinski definition) is 3. The maximum absolute atomic E-state index is 10.6. The minimum Gasteiger partial charge on any atom is -0.273 e. The molecule has 0 saturated heterocycles. The molecule has 1 amide bonds. The Bertz CT molecular complexity index is 260. The van der Waals surface area contributed by atoms with Crippen molar-refractivity contribution in [1.82, 2.24) is 5.43 Å². The van der Waals surface area contributed by atoms with Crippen LogP contribution in [0.5, 0.6) is 0 Å². The van der Waals surface area contributed by atoms with Gasteiger partial charge in [-0.25, -0.2) is 0 Å². The molecule has 5 heteroatoms. The van der Waals surface area contributed by atoms with E-state index in [2.05, 4.69) is 22.4 Å². The smallest absolute Gasteiger partial charge is 0.245 e. The number of aliphatic imine (C=N–C) groups is 1. The lowest BCUT2D eigenvalue weighted by Crippen LogP contribution is -2.01. The van der Waals surface area contributed by atoms with Gasteiger partial charge in [0.15, 0.2) is 0 Å². The molecule has 1 rings (SSSR count). The van der Waals surface area contributed by atoms with Gasteiger partial charge < -0.3 is 0 Å². The van der Waals surface area contributed by atoms with Gasteiger partial charge in [-0.15, -0.1) is 10.5 Å². The number of carbonyl (C=O) groups is 1. The second-order valence-electron chi connectivity index (χ2n) is 2.71. The highest BCUT2D eigenvalue weighted by Gasteiger charge is 2.15. The molecule has 0 fully saturated rings. The van der Waals surface area contributed by atoms with Crippen LogP contribution in [0.15, 0.2) is 10.1 Å². The Kier molecular flexibility index (Phi) is 3.95. The Morgan fingerprint density at radius 1 is 1.62 bits per heavy atom. The van der Waals surface area contributed by atoms with E-state index in [4.69, 9.17) is 0 Å². The fourth-order valence-electron chi connectivity index (χ4n) is 0.854. The van der Waals surface area contributed by atoms with Gasteiger partial charge >= 0.3 is 0 Å². The van der Waals surface area contributed by atoms with Crippen molar-refractivity contribution in [3.8, 4) is 0 Å². The Labute approximate surface area is 81.9 Å². The van der Waals surface area contributed by atoms with Crippen LogP contribution in [0.25, 0.3) is 0 Å². The van der Waals surface area contributed by atoms with Gasteiger partial charge in [-0.1, -0.05) is 13.3 Å². The zero-order valence-electron chi connectivity index (χ0n) is 7.78. The highest BCUT2D eigenvalue weighted by atomic mass is 32.2. The minimum absolute atomic E-state index is 0.224. The Morgan fingerprint density at radius 2 is 2.38 bits per heavy atom. The third-order valence-corrected chi connectivity index (χ3v) is 2.33. The molecule has 0 aromatic rings. The van der Waals surface area contributed by atoms with Crippen molar-refractivity contribution in [2.45, 2.75) is 33.1 Å². The van der Waals surface area contributed by atoms with E-state index in [-0.39, 0.29) is 5.91 Å². The third kappa shape index (κ3) is 3.59. The summed E-state index contributed by atoms with van der Waals surface area (Å²) in [6, 6.07) is 0. The fraction of sp³-hybridized carbons (Fsp3) is 0.625. The molecule has 0 unspecified atom stereocenters. The number of carbonyl (C=O) groups excluding carboxylic acids is 1. The van der Waals surface area contributed by atoms with Crippen molar-refractivity contribution >= 4 is 27.9 Å². The lowest BCUT2D eigenvalue weighted by molar-refractivity contribution is -0.115. The monoisotopic (exact) mass is 198 g/mol. The van der Waals surface area contributed by atoms with Gasteiger partial charge in [0, 0.05) is 6.92 Å². The summed E-state index contributed by atoms with van der Waals surface area (Å²) in [5, 5.41) is 5.36. The average molecular weight is 198 g/mol. The second kappa shape index (κ2) is 5.01. The first-order valence-corrected chi connectivity index (χ1v) is 5.08. The third-order valence-electron chi connectivity index (χ3n) is 1.45. The van der Waals surface area contributed by atoms with Crippen molar-refractivity contribution < 1.29 is 4.79 Å². The molecule has 0 bridgehead atoms. The predicted octanol–water partition coefficient (Wildman–Crippen LogP) is 1.74. The fourth-order valence-corrected chi connectivity index (χ4v) is 1.65. The first-order valence-electron chi connectivity index (χ1n) is 4.27. The van der Waals surface area contributed by atoms with Crippen LogP contribution in [0.3, 0.4) is 0 Å². The van der Waals surface area contributed by atoms with Crippen molar-refractivity contribution in [2.24, 2.45) is 10.1 Å². The highest BCUT2D eigenvalue weighted by molar-refractivity contribution is 8.26. The van der Waals surface area contributed by atoms with Crippen LogP contribution in [0.1, 0.15) is 33.1 Å². The van der Waals surface area contributed by atoms with Crippen LogP contribution in [0.4, 0.5) is 0 Å². The van der Waals surface area contributed by atoms with Gasteiger partial charge in [-0.05, 0) is 24.6 Å². The Hall–Kier alpha value is -0.840. The highest BCUT2D eigenvalue weighted by Crippen LogP contribution is 2.17. The summed E-state index contributed by atoms with van der Waals surface area (Å²) in [6.45, 7) is 3.54. The molecule has 4 nitrogen and oxygen atoms in total. The van der Waals surface area contributed by atoms with E-state index in [0.717, 1.165) is 24.3 Å². The SMILES string of the molecule is CCCCC1=N[N]C(=NC(C)=O)S1. The molecule has 1 aliphatic heterocycles. The van der Waals surface area contributed by atoms with Crippen LogP contribution >= 0.6 is 11.8 Å². The number of unbranched alkanes of at least 4 members (excludes halogenated alkanes) is 1. The van der Waals surface area contributed by atoms with E-state index >= 15 is 0 Å². The predicted molar refractivity (Wildman–Crippen MR) is 54.8 cm³/mol. The molecule has 13 heavy (non-hydrogen) atoms. The van der Waals surface area contributed by atoms with E-state index in [0.29, 0.717) is 5.17 Å². The first kappa shape index (κ1) is 10.2.